The molecule has 1 aliphatic rings. The van der Waals surface area contributed by atoms with E-state index in [1.165, 1.54) is 25.0 Å². The third kappa shape index (κ3) is 4.28. The summed E-state index contributed by atoms with van der Waals surface area (Å²) in [7, 11) is 0. The summed E-state index contributed by atoms with van der Waals surface area (Å²) in [5, 5.41) is 6.21. The van der Waals surface area contributed by atoms with Crippen LogP contribution >= 0.6 is 15.9 Å². The standard InChI is InChI=1S/C15H20BrFN2O/c1-10(11-3-2-6-18-9-11)7-15(20)19-14-5-4-12(17)8-13(14)16/h4-5,8,10-11,18H,2-3,6-7,9H2,1H3,(H,19,20). The summed E-state index contributed by atoms with van der Waals surface area (Å²) in [6.45, 7) is 4.20. The van der Waals surface area contributed by atoms with Crippen molar-refractivity contribution < 1.29 is 9.18 Å². The van der Waals surface area contributed by atoms with Crippen LogP contribution in [0.25, 0.3) is 0 Å². The monoisotopic (exact) mass is 342 g/mol. The van der Waals surface area contributed by atoms with Gasteiger partial charge in [-0.1, -0.05) is 6.92 Å². The molecule has 1 heterocycles. The molecule has 1 fully saturated rings. The summed E-state index contributed by atoms with van der Waals surface area (Å²) in [6, 6.07) is 4.27. The molecule has 0 radical (unpaired) electrons. The van der Waals surface area contributed by atoms with Gasteiger partial charge in [0.2, 0.25) is 5.91 Å². The number of piperidine rings is 1. The number of carbonyl (C=O) groups is 1. The first-order valence-corrected chi connectivity index (χ1v) is 7.81. The van der Waals surface area contributed by atoms with Crippen LogP contribution in [0.3, 0.4) is 0 Å². The van der Waals surface area contributed by atoms with Crippen molar-refractivity contribution in [2.45, 2.75) is 26.2 Å². The van der Waals surface area contributed by atoms with Crippen molar-refractivity contribution in [2.75, 3.05) is 18.4 Å². The van der Waals surface area contributed by atoms with E-state index in [-0.39, 0.29) is 11.7 Å². The second kappa shape index (κ2) is 7.18. The molecule has 0 spiro atoms. The van der Waals surface area contributed by atoms with Crippen molar-refractivity contribution in [2.24, 2.45) is 11.8 Å². The summed E-state index contributed by atoms with van der Waals surface area (Å²) in [5.41, 5.74) is 0.616. The first-order valence-electron chi connectivity index (χ1n) is 7.02. The van der Waals surface area contributed by atoms with Gasteiger partial charge in [-0.25, -0.2) is 4.39 Å². The minimum absolute atomic E-state index is 0.0182. The van der Waals surface area contributed by atoms with Crippen molar-refractivity contribution in [1.29, 1.82) is 0 Å². The number of rotatable bonds is 4. The maximum atomic E-state index is 13.0. The number of hydrogen-bond acceptors (Lipinski definition) is 2. The highest BCUT2D eigenvalue weighted by Crippen LogP contribution is 2.25. The summed E-state index contributed by atoms with van der Waals surface area (Å²) in [4.78, 5) is 12.1. The Hall–Kier alpha value is -0.940. The minimum atomic E-state index is -0.323. The fraction of sp³-hybridized carbons (Fsp3) is 0.533. The average Bonchev–Trinajstić information content (AvgIpc) is 2.43. The fourth-order valence-corrected chi connectivity index (χ4v) is 3.07. The van der Waals surface area contributed by atoms with Gasteiger partial charge in [-0.15, -0.1) is 0 Å². The number of anilines is 1. The molecule has 1 aromatic rings. The first-order chi connectivity index (χ1) is 9.56. The zero-order chi connectivity index (χ0) is 14.5. The molecule has 0 aliphatic carbocycles. The maximum absolute atomic E-state index is 13.0. The Morgan fingerprint density at radius 1 is 1.60 bits per heavy atom. The van der Waals surface area contributed by atoms with Crippen LogP contribution in [-0.4, -0.2) is 19.0 Å². The molecule has 3 nitrogen and oxygen atoms in total. The number of amides is 1. The fourth-order valence-electron chi connectivity index (χ4n) is 2.62. The zero-order valence-electron chi connectivity index (χ0n) is 11.6. The number of hydrogen-bond donors (Lipinski definition) is 2. The van der Waals surface area contributed by atoms with E-state index in [4.69, 9.17) is 0 Å². The van der Waals surface area contributed by atoms with Crippen molar-refractivity contribution in [3.05, 3.63) is 28.5 Å². The van der Waals surface area contributed by atoms with E-state index < -0.39 is 0 Å². The van der Waals surface area contributed by atoms with Gasteiger partial charge in [0.15, 0.2) is 0 Å². The largest absolute Gasteiger partial charge is 0.325 e. The predicted molar refractivity (Wildman–Crippen MR) is 82.1 cm³/mol. The van der Waals surface area contributed by atoms with Crippen LogP contribution in [0.1, 0.15) is 26.2 Å². The van der Waals surface area contributed by atoms with Crippen molar-refractivity contribution in [3.8, 4) is 0 Å². The van der Waals surface area contributed by atoms with Gasteiger partial charge >= 0.3 is 0 Å². The predicted octanol–water partition coefficient (Wildman–Crippen LogP) is 3.55. The number of halogens is 2. The van der Waals surface area contributed by atoms with E-state index in [0.29, 0.717) is 28.4 Å². The van der Waals surface area contributed by atoms with Gasteiger partial charge in [0, 0.05) is 10.9 Å². The van der Waals surface area contributed by atoms with E-state index in [1.54, 1.807) is 6.07 Å². The quantitative estimate of drug-likeness (QED) is 0.878. The van der Waals surface area contributed by atoms with Gasteiger partial charge < -0.3 is 10.6 Å². The van der Waals surface area contributed by atoms with Gasteiger partial charge in [0.25, 0.3) is 0 Å². The molecule has 0 bridgehead atoms. The van der Waals surface area contributed by atoms with Crippen LogP contribution < -0.4 is 10.6 Å². The molecular formula is C15H20BrFN2O. The van der Waals surface area contributed by atoms with E-state index >= 15 is 0 Å². The normalized spacial score (nSPS) is 20.4. The first kappa shape index (κ1) is 15.4. The van der Waals surface area contributed by atoms with Crippen LogP contribution in [-0.2, 0) is 4.79 Å². The van der Waals surface area contributed by atoms with Gasteiger partial charge in [-0.2, -0.15) is 0 Å². The Balaban J connectivity index is 1.88. The Labute approximate surface area is 127 Å². The van der Waals surface area contributed by atoms with Crippen molar-refractivity contribution >= 4 is 27.5 Å². The molecule has 20 heavy (non-hydrogen) atoms. The van der Waals surface area contributed by atoms with Crippen LogP contribution in [0.15, 0.2) is 22.7 Å². The lowest BCUT2D eigenvalue weighted by Crippen LogP contribution is -2.34. The highest BCUT2D eigenvalue weighted by Gasteiger charge is 2.22. The van der Waals surface area contributed by atoms with E-state index in [2.05, 4.69) is 33.5 Å². The molecule has 2 rings (SSSR count). The Kier molecular flexibility index (Phi) is 5.54. The van der Waals surface area contributed by atoms with Gasteiger partial charge in [0.05, 0.1) is 5.69 Å². The third-order valence-electron chi connectivity index (χ3n) is 3.85. The maximum Gasteiger partial charge on any atom is 0.224 e. The summed E-state index contributed by atoms with van der Waals surface area (Å²) < 4.78 is 13.6. The molecule has 0 aromatic heterocycles. The zero-order valence-corrected chi connectivity index (χ0v) is 13.2. The lowest BCUT2D eigenvalue weighted by molar-refractivity contribution is -0.117. The second-order valence-corrected chi connectivity index (χ2v) is 6.31. The van der Waals surface area contributed by atoms with E-state index in [1.807, 2.05) is 0 Å². The van der Waals surface area contributed by atoms with Gasteiger partial charge in [-0.3, -0.25) is 4.79 Å². The van der Waals surface area contributed by atoms with E-state index in [0.717, 1.165) is 13.1 Å². The highest BCUT2D eigenvalue weighted by atomic mass is 79.9. The molecule has 1 aromatic carbocycles. The Morgan fingerprint density at radius 2 is 2.40 bits per heavy atom. The Morgan fingerprint density at radius 3 is 3.05 bits per heavy atom. The summed E-state index contributed by atoms with van der Waals surface area (Å²) >= 11 is 3.25. The SMILES string of the molecule is CC(CC(=O)Nc1ccc(F)cc1Br)C1CCCNC1. The summed E-state index contributed by atoms with van der Waals surface area (Å²) in [5.74, 6) is 0.570. The number of carbonyl (C=O) groups excluding carboxylic acids is 1. The number of nitrogens with one attached hydrogen (secondary N) is 2. The molecule has 2 N–H and O–H groups in total. The number of benzene rings is 1. The van der Waals surface area contributed by atoms with Crippen LogP contribution in [0.2, 0.25) is 0 Å². The second-order valence-electron chi connectivity index (χ2n) is 5.46. The average molecular weight is 343 g/mol. The molecule has 2 atom stereocenters. The lowest BCUT2D eigenvalue weighted by atomic mass is 9.85. The van der Waals surface area contributed by atoms with Crippen LogP contribution in [0, 0.1) is 17.7 Å². The molecule has 2 unspecified atom stereocenters. The molecule has 0 saturated carbocycles. The molecule has 5 heteroatoms. The topological polar surface area (TPSA) is 41.1 Å². The molecule has 110 valence electrons. The van der Waals surface area contributed by atoms with Crippen molar-refractivity contribution in [3.63, 3.8) is 0 Å². The van der Waals surface area contributed by atoms with Crippen molar-refractivity contribution in [1.82, 2.24) is 5.32 Å². The molecule has 1 amide bonds. The minimum Gasteiger partial charge on any atom is -0.325 e. The highest BCUT2D eigenvalue weighted by molar-refractivity contribution is 9.10. The van der Waals surface area contributed by atoms with Gasteiger partial charge in [-0.05, 0) is 71.9 Å². The lowest BCUT2D eigenvalue weighted by Gasteiger charge is -2.28. The van der Waals surface area contributed by atoms with Crippen LogP contribution in [0.5, 0.6) is 0 Å². The smallest absolute Gasteiger partial charge is 0.224 e. The van der Waals surface area contributed by atoms with Gasteiger partial charge in [0.1, 0.15) is 5.82 Å². The third-order valence-corrected chi connectivity index (χ3v) is 4.51. The summed E-state index contributed by atoms with van der Waals surface area (Å²) in [6.07, 6.45) is 2.86. The Bertz CT molecular complexity index is 475. The molecule has 1 aliphatic heterocycles. The van der Waals surface area contributed by atoms with E-state index in [9.17, 15) is 9.18 Å². The molecule has 1 saturated heterocycles. The van der Waals surface area contributed by atoms with Crippen LogP contribution in [0.4, 0.5) is 10.1 Å². The molecular weight excluding hydrogens is 323 g/mol.